The van der Waals surface area contributed by atoms with Crippen molar-refractivity contribution in [3.8, 4) is 0 Å². The van der Waals surface area contributed by atoms with Crippen LogP contribution in [0.25, 0.3) is 11.1 Å². The molecule has 0 fully saturated rings. The van der Waals surface area contributed by atoms with Gasteiger partial charge in [-0.25, -0.2) is 0 Å². The van der Waals surface area contributed by atoms with E-state index in [1.165, 1.54) is 186 Å². The highest BCUT2D eigenvalue weighted by Crippen LogP contribution is 2.22. The molecule has 0 aliphatic heterocycles. The van der Waals surface area contributed by atoms with Crippen molar-refractivity contribution in [2.45, 2.75) is 322 Å². The van der Waals surface area contributed by atoms with E-state index in [2.05, 4.69) is 58.2 Å². The third kappa shape index (κ3) is 43.6. The fourth-order valence-electron chi connectivity index (χ4n) is 10.5. The first-order valence-corrected chi connectivity index (χ1v) is 31.4. The van der Waals surface area contributed by atoms with Gasteiger partial charge in [-0.3, -0.25) is 19.2 Å². The zero-order valence-corrected chi connectivity index (χ0v) is 48.1. The monoisotopic (exact) mass is 1020 g/mol. The summed E-state index contributed by atoms with van der Waals surface area (Å²) in [5.74, 6) is 1.61. The number of hydrogen-bond acceptors (Lipinski definition) is 4. The Labute approximate surface area is 455 Å². The van der Waals surface area contributed by atoms with E-state index in [9.17, 15) is 19.2 Å². The lowest BCUT2D eigenvalue weighted by atomic mass is 9.91. The third-order valence-corrected chi connectivity index (χ3v) is 15.5. The number of hydrogen-bond donors (Lipinski definition) is 0. The summed E-state index contributed by atoms with van der Waals surface area (Å²) in [5, 5.41) is 0. The van der Waals surface area contributed by atoms with Crippen LogP contribution in [0.3, 0.4) is 0 Å². The highest BCUT2D eigenvalue weighted by molar-refractivity contribution is 6.37. The molecule has 0 aromatic heterocycles. The topological polar surface area (TPSA) is 141 Å². The Morgan fingerprint density at radius 3 is 0.743 bits per heavy atom. The molecular formula is C66H112N4O4. The Morgan fingerprint density at radius 2 is 0.500 bits per heavy atom. The number of carbonyl (C=O) groups excluding carboxylic acids is 4. The summed E-state index contributed by atoms with van der Waals surface area (Å²) in [4.78, 5) is 53.2. The van der Waals surface area contributed by atoms with Crippen molar-refractivity contribution in [2.75, 3.05) is 0 Å². The van der Waals surface area contributed by atoms with Crippen LogP contribution >= 0.6 is 0 Å². The molecule has 8 heteroatoms. The van der Waals surface area contributed by atoms with Crippen molar-refractivity contribution in [1.29, 1.82) is 0 Å². The first-order valence-electron chi connectivity index (χ1n) is 31.4. The minimum atomic E-state index is 0.0366. The summed E-state index contributed by atoms with van der Waals surface area (Å²) in [6, 6.07) is 0. The lowest BCUT2D eigenvalue weighted by Gasteiger charge is -2.13. The normalized spacial score (nSPS) is 22.3. The molecule has 0 aromatic rings. The predicted molar refractivity (Wildman–Crippen MR) is 314 cm³/mol. The van der Waals surface area contributed by atoms with Gasteiger partial charge >= 0.3 is 11.4 Å². The molecule has 0 amide bonds. The lowest BCUT2D eigenvalue weighted by molar-refractivity contribution is -0.122. The zero-order valence-electron chi connectivity index (χ0n) is 48.1. The molecule has 0 spiro atoms. The number of ketones is 4. The quantitative estimate of drug-likeness (QED) is 0.154. The first kappa shape index (κ1) is 68.4. The minimum absolute atomic E-state index is 0.0366. The molecule has 0 N–H and O–H groups in total. The summed E-state index contributed by atoms with van der Waals surface area (Å²) in [6.07, 6.45) is 73.7. The van der Waals surface area contributed by atoms with Crippen molar-refractivity contribution in [2.24, 2.45) is 11.8 Å². The number of allylic oxidation sites excluding steroid dienone is 8. The van der Waals surface area contributed by atoms with Gasteiger partial charge in [0.1, 0.15) is 11.6 Å². The van der Waals surface area contributed by atoms with Gasteiger partial charge in [-0.2, -0.15) is 9.58 Å². The Hall–Kier alpha value is -3.60. The van der Waals surface area contributed by atoms with E-state index in [1.807, 2.05) is 0 Å². The van der Waals surface area contributed by atoms with Gasteiger partial charge in [-0.05, 0) is 168 Å². The van der Waals surface area contributed by atoms with Gasteiger partial charge in [-0.15, -0.1) is 0 Å². The van der Waals surface area contributed by atoms with E-state index in [-0.39, 0.29) is 11.6 Å². The maximum absolute atomic E-state index is 11.8. The average molecular weight is 1030 g/mol. The van der Waals surface area contributed by atoms with Crippen LogP contribution < -0.4 is 0 Å². The summed E-state index contributed by atoms with van der Waals surface area (Å²) in [7, 11) is 0. The van der Waals surface area contributed by atoms with E-state index < -0.39 is 0 Å². The van der Waals surface area contributed by atoms with E-state index in [4.69, 9.17) is 11.1 Å². The van der Waals surface area contributed by atoms with Gasteiger partial charge in [0.2, 0.25) is 11.6 Å². The van der Waals surface area contributed by atoms with Crippen molar-refractivity contribution in [3.05, 3.63) is 59.7 Å². The van der Waals surface area contributed by atoms with E-state index >= 15 is 0 Å². The second-order valence-corrected chi connectivity index (χ2v) is 22.2. The number of rotatable bonds is 2. The van der Waals surface area contributed by atoms with Crippen LogP contribution in [0.15, 0.2) is 48.6 Å². The molecule has 0 aromatic carbocycles. The summed E-state index contributed by atoms with van der Waals surface area (Å²) >= 11 is 0. The van der Waals surface area contributed by atoms with Crippen LogP contribution in [-0.4, -0.2) is 44.1 Å². The van der Waals surface area contributed by atoms with Crippen LogP contribution in [-0.2, 0) is 19.2 Å². The van der Waals surface area contributed by atoms with Gasteiger partial charge in [-0.1, -0.05) is 177 Å². The number of nitrogens with zero attached hydrogens (tertiary/aromatic N) is 4. The highest BCUT2D eigenvalue weighted by atomic mass is 16.1. The van der Waals surface area contributed by atoms with Crippen molar-refractivity contribution in [1.82, 2.24) is 0 Å². The lowest BCUT2D eigenvalue weighted by Crippen LogP contribution is -2.15. The predicted octanol–water partition coefficient (Wildman–Crippen LogP) is 19.8. The molecule has 0 radical (unpaired) electrons. The first-order chi connectivity index (χ1) is 36.3. The smallest absolute Gasteiger partial charge is 0.334 e. The molecule has 1 unspecified atom stereocenters. The fraction of sp³-hybridized carbons (Fsp3) is 0.788. The van der Waals surface area contributed by atoms with Crippen LogP contribution in [0.5, 0.6) is 0 Å². The molecule has 4 rings (SSSR count). The van der Waals surface area contributed by atoms with Crippen LogP contribution in [0.2, 0.25) is 0 Å². The zero-order chi connectivity index (χ0) is 53.6. The number of Topliss-reactive ketones (excluding diaryl/α,β-unsaturated/α-hetero) is 4. The highest BCUT2D eigenvalue weighted by Gasteiger charge is 2.20. The second kappa shape index (κ2) is 52.8. The van der Waals surface area contributed by atoms with Gasteiger partial charge in [0.05, 0.1) is 12.8 Å². The van der Waals surface area contributed by atoms with Gasteiger partial charge in [0, 0.05) is 24.7 Å². The molecule has 74 heavy (non-hydrogen) atoms. The van der Waals surface area contributed by atoms with Crippen LogP contribution in [0.4, 0.5) is 0 Å². The maximum Gasteiger partial charge on any atom is 0.334 e. The van der Waals surface area contributed by atoms with Gasteiger partial charge in [0.15, 0.2) is 0 Å². The minimum Gasteiger partial charge on any atom is -0.361 e. The SMILES string of the molecule is CC(=O)C1CCCCCC=CCCCCCCC1.CC(=O)C1CCCCCCC=CCCCCCC1.[N-]=[N+]=C1CCCCCC=CCCCCCCCC1=O.[N-]=[N+]=C1CCCCCCC=CCCCCCCC1=O. The molecule has 1 atom stereocenters. The van der Waals surface area contributed by atoms with Crippen molar-refractivity contribution >= 4 is 34.6 Å². The Balaban J connectivity index is 0.000000493. The van der Waals surface area contributed by atoms with E-state index in [1.54, 1.807) is 13.8 Å². The van der Waals surface area contributed by atoms with Crippen molar-refractivity contribution < 1.29 is 28.8 Å². The van der Waals surface area contributed by atoms with Gasteiger partial charge in [0.25, 0.3) is 0 Å². The summed E-state index contributed by atoms with van der Waals surface area (Å²) < 4.78 is 0. The molecule has 0 heterocycles. The molecule has 420 valence electrons. The van der Waals surface area contributed by atoms with Crippen molar-refractivity contribution in [3.63, 3.8) is 0 Å². The van der Waals surface area contributed by atoms with Crippen LogP contribution in [0, 0.1) is 11.8 Å². The Kier molecular flexibility index (Phi) is 48.8. The second-order valence-electron chi connectivity index (χ2n) is 22.2. The molecule has 0 saturated carbocycles. The molecule has 4 aliphatic carbocycles. The molecule has 4 aliphatic rings. The molecule has 8 nitrogen and oxygen atoms in total. The third-order valence-electron chi connectivity index (χ3n) is 15.5. The van der Waals surface area contributed by atoms with E-state index in [0.717, 1.165) is 96.3 Å². The summed E-state index contributed by atoms with van der Waals surface area (Å²) in [5.41, 5.74) is 18.6. The largest absolute Gasteiger partial charge is 0.361 e. The molecule has 0 bridgehead atoms. The molecule has 0 saturated heterocycles. The Bertz CT molecular complexity index is 1630. The average Bonchev–Trinajstić information content (AvgIpc) is 3.41. The fourth-order valence-corrected chi connectivity index (χ4v) is 10.5. The maximum atomic E-state index is 11.8. The van der Waals surface area contributed by atoms with E-state index in [0.29, 0.717) is 60.5 Å². The molecular weight excluding hydrogens is 913 g/mol. The van der Waals surface area contributed by atoms with Gasteiger partial charge < -0.3 is 11.1 Å². The van der Waals surface area contributed by atoms with Crippen LogP contribution in [0.1, 0.15) is 322 Å². The standard InChI is InChI=1S/2C17H30O.2C16H26N2O/c2*1-16(18)17-14-12-10-8-6-4-2-3-5-7-9-11-13-15-17;2*17-18-15-13-11-9-7-5-3-1-2-4-6-8-10-12-14-16(15)19/h2,4,17H,3,5-15H2,1H3;2-3,17H,4-15H2,1H3;1,3H,2,4-14H2;1-2H,3-14H2. The Morgan fingerprint density at radius 1 is 0.311 bits per heavy atom. The summed E-state index contributed by atoms with van der Waals surface area (Å²) in [6.45, 7) is 3.56. The number of carbonyl (C=O) groups is 4.